The number of hydrogen-bond acceptors (Lipinski definition) is 7. The molecule has 1 aliphatic rings. The van der Waals surface area contributed by atoms with Crippen molar-refractivity contribution in [3.63, 3.8) is 0 Å². The van der Waals surface area contributed by atoms with Gasteiger partial charge < -0.3 is 4.90 Å². The number of nitro groups is 1. The second kappa shape index (κ2) is 7.91. The maximum atomic E-state index is 12.7. The largest absolute Gasteiger partial charge is 0.371 e. The minimum absolute atomic E-state index is 0.0833. The minimum Gasteiger partial charge on any atom is -0.371 e. The van der Waals surface area contributed by atoms with Gasteiger partial charge in [0.1, 0.15) is 0 Å². The van der Waals surface area contributed by atoms with E-state index in [1.807, 2.05) is 4.90 Å². The van der Waals surface area contributed by atoms with Crippen molar-refractivity contribution < 1.29 is 18.5 Å². The lowest BCUT2D eigenvalue weighted by molar-refractivity contribution is -0.384. The van der Waals surface area contributed by atoms with Crippen LogP contribution in [0.1, 0.15) is 41.6 Å². The van der Waals surface area contributed by atoms with Crippen LogP contribution in [0.3, 0.4) is 0 Å². The van der Waals surface area contributed by atoms with Crippen LogP contribution >= 0.6 is 11.3 Å². The Morgan fingerprint density at radius 1 is 1.37 bits per heavy atom. The maximum absolute atomic E-state index is 12.7. The van der Waals surface area contributed by atoms with Crippen molar-refractivity contribution in [3.8, 4) is 0 Å². The first-order valence-electron chi connectivity index (χ1n) is 8.31. The Bertz CT molecular complexity index is 852. The fraction of sp³-hybridized carbons (Fsp3) is 0.438. The van der Waals surface area contributed by atoms with Crippen LogP contribution in [0.15, 0.2) is 18.2 Å². The molecule has 1 aliphatic heterocycles. The molecule has 0 aliphatic carbocycles. The van der Waals surface area contributed by atoms with E-state index in [-0.39, 0.29) is 16.4 Å². The number of nitrogens with zero attached hydrogens (tertiary/aromatic N) is 4. The van der Waals surface area contributed by atoms with E-state index in [2.05, 4.69) is 22.4 Å². The van der Waals surface area contributed by atoms with Gasteiger partial charge in [0, 0.05) is 25.2 Å². The van der Waals surface area contributed by atoms with Crippen molar-refractivity contribution in [1.82, 2.24) is 10.2 Å². The van der Waals surface area contributed by atoms with E-state index in [0.29, 0.717) is 22.9 Å². The van der Waals surface area contributed by atoms with Gasteiger partial charge in [0.05, 0.1) is 16.2 Å². The van der Waals surface area contributed by atoms with E-state index in [1.54, 1.807) is 6.07 Å². The van der Waals surface area contributed by atoms with Crippen molar-refractivity contribution in [3.05, 3.63) is 38.9 Å². The van der Waals surface area contributed by atoms with Crippen LogP contribution < -0.4 is 10.2 Å². The van der Waals surface area contributed by atoms with Gasteiger partial charge in [-0.1, -0.05) is 18.3 Å². The Morgan fingerprint density at radius 3 is 2.67 bits per heavy atom. The summed E-state index contributed by atoms with van der Waals surface area (Å²) in [5.41, 5.74) is 0.455. The molecule has 0 bridgehead atoms. The van der Waals surface area contributed by atoms with Crippen LogP contribution in [0.2, 0.25) is 0 Å². The lowest BCUT2D eigenvalue weighted by atomic mass is 9.98. The first kappa shape index (κ1) is 19.1. The molecule has 8 nitrogen and oxygen atoms in total. The van der Waals surface area contributed by atoms with Gasteiger partial charge in [0.2, 0.25) is 5.13 Å². The van der Waals surface area contributed by atoms with Crippen LogP contribution in [0.5, 0.6) is 0 Å². The molecule has 11 heteroatoms. The van der Waals surface area contributed by atoms with Crippen molar-refractivity contribution in [1.29, 1.82) is 0 Å². The highest BCUT2D eigenvalue weighted by molar-refractivity contribution is 7.15. The van der Waals surface area contributed by atoms with E-state index in [9.17, 15) is 23.7 Å². The molecule has 0 atom stereocenters. The zero-order valence-electron chi connectivity index (χ0n) is 14.4. The molecule has 0 spiro atoms. The molecule has 1 aromatic carbocycles. The van der Waals surface area contributed by atoms with E-state index in [1.165, 1.54) is 12.1 Å². The van der Waals surface area contributed by atoms with Crippen molar-refractivity contribution >= 4 is 33.8 Å². The third-order valence-corrected chi connectivity index (χ3v) is 5.25. The molecule has 27 heavy (non-hydrogen) atoms. The average molecular weight is 397 g/mol. The number of amides is 1. The summed E-state index contributed by atoms with van der Waals surface area (Å²) in [5.74, 6) is -0.0741. The quantitative estimate of drug-likeness (QED) is 0.607. The lowest BCUT2D eigenvalue weighted by Crippen LogP contribution is -2.34. The molecule has 1 aromatic heterocycles. The van der Waals surface area contributed by atoms with E-state index >= 15 is 0 Å². The smallest absolute Gasteiger partial charge is 0.291 e. The predicted molar refractivity (Wildman–Crippen MR) is 96.5 cm³/mol. The number of aromatic nitrogens is 2. The summed E-state index contributed by atoms with van der Waals surface area (Å²) in [5, 5.41) is 19.8. The number of alkyl halides is 2. The van der Waals surface area contributed by atoms with Gasteiger partial charge in [-0.3, -0.25) is 20.2 Å². The number of carbonyl (C=O) groups excluding carboxylic acids is 1. The predicted octanol–water partition coefficient (Wildman–Crippen LogP) is 3.87. The van der Waals surface area contributed by atoms with Gasteiger partial charge in [-0.05, 0) is 24.8 Å². The summed E-state index contributed by atoms with van der Waals surface area (Å²) in [6, 6.07) is 4.09. The Morgan fingerprint density at radius 2 is 2.07 bits per heavy atom. The number of hydrogen-bond donors (Lipinski definition) is 1. The Balaban J connectivity index is 1.89. The summed E-state index contributed by atoms with van der Waals surface area (Å²) in [4.78, 5) is 25.2. The molecule has 3 rings (SSSR count). The highest BCUT2D eigenvalue weighted by atomic mass is 32.1. The molecule has 1 N–H and O–H groups in total. The van der Waals surface area contributed by atoms with E-state index in [0.717, 1.165) is 25.9 Å². The second-order valence-corrected chi connectivity index (χ2v) is 7.34. The minimum atomic E-state index is -2.78. The van der Waals surface area contributed by atoms with Crippen LogP contribution in [-0.4, -0.2) is 34.1 Å². The number of nitro benzene ring substituents is 1. The highest BCUT2D eigenvalue weighted by Crippen LogP contribution is 2.31. The van der Waals surface area contributed by atoms with Gasteiger partial charge >= 0.3 is 0 Å². The molecule has 2 aromatic rings. The average Bonchev–Trinajstić information content (AvgIpc) is 3.10. The Hall–Kier alpha value is -2.69. The highest BCUT2D eigenvalue weighted by Gasteiger charge is 2.24. The van der Waals surface area contributed by atoms with Crippen molar-refractivity contribution in [2.24, 2.45) is 5.92 Å². The number of non-ortho nitro benzene ring substituents is 1. The molecule has 0 radical (unpaired) electrons. The van der Waals surface area contributed by atoms with Gasteiger partial charge in [-0.15, -0.1) is 10.2 Å². The number of anilines is 2. The van der Waals surface area contributed by atoms with E-state index < -0.39 is 22.3 Å². The molecule has 1 amide bonds. The first-order valence-corrected chi connectivity index (χ1v) is 9.13. The molecular weight excluding hydrogens is 380 g/mol. The number of piperidine rings is 1. The van der Waals surface area contributed by atoms with Crippen LogP contribution in [0.25, 0.3) is 0 Å². The number of rotatable bonds is 5. The molecule has 144 valence electrons. The van der Waals surface area contributed by atoms with Crippen molar-refractivity contribution in [2.45, 2.75) is 26.2 Å². The Kier molecular flexibility index (Phi) is 5.59. The maximum Gasteiger partial charge on any atom is 0.291 e. The molecule has 2 heterocycles. The second-order valence-electron chi connectivity index (χ2n) is 6.33. The number of carbonyl (C=O) groups is 1. The molecular formula is C16H17F2N5O3S. The SMILES string of the molecule is CC1CCN(c2ccc([N+](=O)[O-])cc2C(=O)Nc2nnc(C(F)F)s2)CC1. The van der Waals surface area contributed by atoms with E-state index in [4.69, 9.17) is 0 Å². The Labute approximate surface area is 157 Å². The fourth-order valence-corrected chi connectivity index (χ4v) is 3.48. The zero-order chi connectivity index (χ0) is 19.6. The normalized spacial score (nSPS) is 15.2. The summed E-state index contributed by atoms with van der Waals surface area (Å²) < 4.78 is 25.3. The number of halogens is 2. The number of nitrogens with one attached hydrogen (secondary N) is 1. The van der Waals surface area contributed by atoms with Gasteiger partial charge in [0.15, 0.2) is 5.01 Å². The molecule has 0 saturated carbocycles. The standard InChI is InChI=1S/C16H17F2N5O3S/c1-9-4-6-22(7-5-9)12-3-2-10(23(25)26)8-11(12)14(24)19-16-21-20-15(27-16)13(17)18/h2-3,8-9,13H,4-7H2,1H3,(H,19,21,24). The monoisotopic (exact) mass is 397 g/mol. The summed E-state index contributed by atoms with van der Waals surface area (Å²) in [6.45, 7) is 3.61. The zero-order valence-corrected chi connectivity index (χ0v) is 15.2. The first-order chi connectivity index (χ1) is 12.8. The van der Waals surface area contributed by atoms with Gasteiger partial charge in [0.25, 0.3) is 18.0 Å². The third kappa shape index (κ3) is 4.35. The molecule has 1 fully saturated rings. The number of benzene rings is 1. The molecule has 1 saturated heterocycles. The molecule has 0 unspecified atom stereocenters. The van der Waals surface area contributed by atoms with Crippen LogP contribution in [0, 0.1) is 16.0 Å². The topological polar surface area (TPSA) is 101 Å². The van der Waals surface area contributed by atoms with Crippen molar-refractivity contribution in [2.75, 3.05) is 23.3 Å². The summed E-state index contributed by atoms with van der Waals surface area (Å²) >= 11 is 0.565. The third-order valence-electron chi connectivity index (χ3n) is 4.41. The summed E-state index contributed by atoms with van der Waals surface area (Å²) in [6.07, 6.45) is -0.879. The fourth-order valence-electron chi connectivity index (χ4n) is 2.88. The lowest BCUT2D eigenvalue weighted by Gasteiger charge is -2.33. The van der Waals surface area contributed by atoms with Gasteiger partial charge in [-0.25, -0.2) is 8.78 Å². The summed E-state index contributed by atoms with van der Waals surface area (Å²) in [7, 11) is 0. The van der Waals surface area contributed by atoms with Crippen LogP contribution in [-0.2, 0) is 0 Å². The van der Waals surface area contributed by atoms with Crippen LogP contribution in [0.4, 0.5) is 25.3 Å². The van der Waals surface area contributed by atoms with Gasteiger partial charge in [-0.2, -0.15) is 0 Å².